The average Bonchev–Trinajstić information content (AvgIpc) is 3.14. The smallest absolute Gasteiger partial charge is 0.288 e. The molecule has 0 saturated carbocycles. The van der Waals surface area contributed by atoms with Crippen LogP contribution < -0.4 is 4.74 Å². The molecule has 0 unspecified atom stereocenters. The molecule has 1 aliphatic rings. The van der Waals surface area contributed by atoms with Crippen LogP contribution in [0, 0.1) is 11.8 Å². The molecule has 10 heteroatoms. The lowest BCUT2D eigenvalue weighted by Crippen LogP contribution is -2.48. The number of hydrogen-bond donors (Lipinski definition) is 0. The van der Waals surface area contributed by atoms with E-state index in [0.717, 1.165) is 11.1 Å². The van der Waals surface area contributed by atoms with Crippen LogP contribution in [-0.2, 0) is 16.7 Å². The van der Waals surface area contributed by atoms with Gasteiger partial charge < -0.3 is 9.15 Å². The van der Waals surface area contributed by atoms with Gasteiger partial charge >= 0.3 is 0 Å². The van der Waals surface area contributed by atoms with Gasteiger partial charge in [0.25, 0.3) is 10.7 Å². The van der Waals surface area contributed by atoms with Crippen LogP contribution in [0.2, 0.25) is 0 Å². The van der Waals surface area contributed by atoms with Gasteiger partial charge in [-0.25, -0.2) is 13.1 Å². The summed E-state index contributed by atoms with van der Waals surface area (Å²) in [6.07, 6.45) is 0. The summed E-state index contributed by atoms with van der Waals surface area (Å²) in [5.74, 6) is 1.05. The van der Waals surface area contributed by atoms with Crippen molar-refractivity contribution in [3.05, 3.63) is 58.9 Å². The van der Waals surface area contributed by atoms with Crippen LogP contribution in [-0.4, -0.2) is 60.7 Å². The van der Waals surface area contributed by atoms with Crippen molar-refractivity contribution in [1.82, 2.24) is 19.0 Å². The highest BCUT2D eigenvalue weighted by molar-refractivity contribution is 7.89. The quantitative estimate of drug-likeness (QED) is 0.523. The molecular formula is C21H24N4O4S2. The standard InChI is InChI=1S/C21H24N4O4S2/c1-16-7-9-17(10-8-16)31(26,27)24-13-11-23(12-14-24)15-25-21(30)29-20(22-25)18-5-3-4-6-19(18)28-2/h3-10H,11-15H2,1-2H3. The van der Waals surface area contributed by atoms with Crippen molar-refractivity contribution in [2.45, 2.75) is 18.5 Å². The lowest BCUT2D eigenvalue weighted by molar-refractivity contribution is 0.143. The number of rotatable bonds is 6. The minimum atomic E-state index is -3.49. The zero-order valence-corrected chi connectivity index (χ0v) is 19.0. The van der Waals surface area contributed by atoms with E-state index in [9.17, 15) is 8.42 Å². The summed E-state index contributed by atoms with van der Waals surface area (Å²) >= 11 is 5.34. The first kappa shape index (κ1) is 21.7. The van der Waals surface area contributed by atoms with Crippen molar-refractivity contribution >= 4 is 22.2 Å². The number of piperazine rings is 1. The highest BCUT2D eigenvalue weighted by atomic mass is 32.2. The van der Waals surface area contributed by atoms with Gasteiger partial charge in [-0.05, 0) is 43.4 Å². The first-order valence-electron chi connectivity index (χ1n) is 9.89. The second-order valence-electron chi connectivity index (χ2n) is 7.35. The Morgan fingerprint density at radius 3 is 2.42 bits per heavy atom. The fourth-order valence-electron chi connectivity index (χ4n) is 3.49. The predicted molar refractivity (Wildman–Crippen MR) is 119 cm³/mol. The summed E-state index contributed by atoms with van der Waals surface area (Å²) in [5, 5.41) is 4.50. The van der Waals surface area contributed by atoms with Gasteiger partial charge in [-0.3, -0.25) is 4.90 Å². The number of hydrogen-bond acceptors (Lipinski definition) is 7. The Morgan fingerprint density at radius 2 is 1.74 bits per heavy atom. The molecule has 0 amide bonds. The number of aryl methyl sites for hydroxylation is 1. The van der Waals surface area contributed by atoms with Gasteiger partial charge in [0, 0.05) is 26.2 Å². The van der Waals surface area contributed by atoms with E-state index in [-0.39, 0.29) is 4.84 Å². The van der Waals surface area contributed by atoms with Gasteiger partial charge in [-0.1, -0.05) is 29.8 Å². The van der Waals surface area contributed by atoms with Crippen molar-refractivity contribution in [2.24, 2.45) is 0 Å². The SMILES string of the molecule is COc1ccccc1-c1nn(CN2CCN(S(=O)(=O)c3ccc(C)cc3)CC2)c(=S)o1. The van der Waals surface area contributed by atoms with E-state index in [1.54, 1.807) is 23.9 Å². The molecule has 164 valence electrons. The summed E-state index contributed by atoms with van der Waals surface area (Å²) in [4.78, 5) is 2.69. The lowest BCUT2D eigenvalue weighted by Gasteiger charge is -2.33. The summed E-state index contributed by atoms with van der Waals surface area (Å²) < 4.78 is 40.0. The van der Waals surface area contributed by atoms with Crippen LogP contribution in [0.5, 0.6) is 5.75 Å². The number of nitrogens with zero attached hydrogens (tertiary/aromatic N) is 4. The molecule has 0 aliphatic carbocycles. The first-order chi connectivity index (χ1) is 14.9. The van der Waals surface area contributed by atoms with Gasteiger partial charge in [0.05, 0.1) is 24.2 Å². The van der Waals surface area contributed by atoms with Crippen LogP contribution >= 0.6 is 12.2 Å². The Bertz CT molecular complexity index is 1210. The molecule has 0 atom stereocenters. The van der Waals surface area contributed by atoms with E-state index in [1.807, 2.05) is 43.3 Å². The number of ether oxygens (including phenoxy) is 1. The second-order valence-corrected chi connectivity index (χ2v) is 9.64. The van der Waals surface area contributed by atoms with E-state index >= 15 is 0 Å². The van der Waals surface area contributed by atoms with E-state index in [4.69, 9.17) is 21.4 Å². The van der Waals surface area contributed by atoms with Crippen molar-refractivity contribution in [3.63, 3.8) is 0 Å². The summed E-state index contributed by atoms with van der Waals surface area (Å²) in [6.45, 7) is 4.31. The molecule has 0 spiro atoms. The summed E-state index contributed by atoms with van der Waals surface area (Å²) in [6, 6.07) is 14.4. The minimum Gasteiger partial charge on any atom is -0.496 e. The second kappa shape index (κ2) is 8.91. The molecule has 1 fully saturated rings. The van der Waals surface area contributed by atoms with Crippen molar-refractivity contribution in [1.29, 1.82) is 0 Å². The molecule has 2 aromatic carbocycles. The largest absolute Gasteiger partial charge is 0.496 e. The molecule has 3 aromatic rings. The molecule has 2 heterocycles. The van der Waals surface area contributed by atoms with Crippen molar-refractivity contribution in [2.75, 3.05) is 33.3 Å². The predicted octanol–water partition coefficient (Wildman–Crippen LogP) is 3.15. The molecule has 0 bridgehead atoms. The first-order valence-corrected chi connectivity index (χ1v) is 11.7. The zero-order chi connectivity index (χ0) is 22.0. The van der Waals surface area contributed by atoms with Crippen LogP contribution in [0.15, 0.2) is 57.8 Å². The number of benzene rings is 2. The summed E-state index contributed by atoms with van der Waals surface area (Å²) in [7, 11) is -1.90. The highest BCUT2D eigenvalue weighted by Gasteiger charge is 2.28. The molecular weight excluding hydrogens is 436 g/mol. The maximum atomic E-state index is 12.9. The van der Waals surface area contributed by atoms with E-state index in [2.05, 4.69) is 10.00 Å². The molecule has 0 N–H and O–H groups in total. The number of methoxy groups -OCH3 is 1. The Labute approximate surface area is 186 Å². The summed E-state index contributed by atoms with van der Waals surface area (Å²) in [5.41, 5.74) is 1.75. The lowest BCUT2D eigenvalue weighted by atomic mass is 10.2. The van der Waals surface area contributed by atoms with Crippen LogP contribution in [0.25, 0.3) is 11.5 Å². The molecule has 8 nitrogen and oxygen atoms in total. The molecule has 0 radical (unpaired) electrons. The third-order valence-corrected chi connectivity index (χ3v) is 7.47. The fourth-order valence-corrected chi connectivity index (χ4v) is 5.09. The van der Waals surface area contributed by atoms with Gasteiger partial charge in [0.2, 0.25) is 10.0 Å². The number of sulfonamides is 1. The molecule has 1 saturated heterocycles. The Kier molecular flexibility index (Phi) is 6.24. The van der Waals surface area contributed by atoms with Gasteiger partial charge in [0.1, 0.15) is 5.75 Å². The van der Waals surface area contributed by atoms with E-state index < -0.39 is 10.0 Å². The molecule has 1 aliphatic heterocycles. The topological polar surface area (TPSA) is 80.8 Å². The number of aromatic nitrogens is 2. The molecule has 31 heavy (non-hydrogen) atoms. The van der Waals surface area contributed by atoms with E-state index in [0.29, 0.717) is 49.4 Å². The highest BCUT2D eigenvalue weighted by Crippen LogP contribution is 2.28. The maximum absolute atomic E-state index is 12.9. The van der Waals surface area contributed by atoms with Crippen LogP contribution in [0.3, 0.4) is 0 Å². The van der Waals surface area contributed by atoms with Gasteiger partial charge in [0.15, 0.2) is 0 Å². The Balaban J connectivity index is 1.43. The molecule has 1 aromatic heterocycles. The third kappa shape index (κ3) is 4.57. The van der Waals surface area contributed by atoms with Crippen LogP contribution in [0.4, 0.5) is 0 Å². The van der Waals surface area contributed by atoms with Gasteiger partial charge in [-0.15, -0.1) is 5.10 Å². The Hall–Kier alpha value is -2.53. The van der Waals surface area contributed by atoms with Crippen molar-refractivity contribution < 1.29 is 17.6 Å². The van der Waals surface area contributed by atoms with Gasteiger partial charge in [-0.2, -0.15) is 4.31 Å². The zero-order valence-electron chi connectivity index (χ0n) is 17.4. The third-order valence-electron chi connectivity index (χ3n) is 5.27. The Morgan fingerprint density at radius 1 is 1.06 bits per heavy atom. The number of para-hydroxylation sites is 1. The van der Waals surface area contributed by atoms with Crippen molar-refractivity contribution in [3.8, 4) is 17.2 Å². The van der Waals surface area contributed by atoms with Crippen LogP contribution in [0.1, 0.15) is 5.56 Å². The minimum absolute atomic E-state index is 0.260. The maximum Gasteiger partial charge on any atom is 0.288 e. The average molecular weight is 461 g/mol. The molecule has 4 rings (SSSR count). The van der Waals surface area contributed by atoms with E-state index in [1.165, 1.54) is 4.31 Å². The fraction of sp³-hybridized carbons (Fsp3) is 0.333. The normalized spacial score (nSPS) is 15.8. The monoisotopic (exact) mass is 460 g/mol.